The number of pyridine rings is 1. The van der Waals surface area contributed by atoms with Crippen LogP contribution >= 0.6 is 15.9 Å². The Hall–Kier alpha value is -1.43. The Balaban J connectivity index is 2.15. The summed E-state index contributed by atoms with van der Waals surface area (Å²) in [6.07, 6.45) is 4.17. The predicted octanol–water partition coefficient (Wildman–Crippen LogP) is 2.31. The molecule has 0 aliphatic carbocycles. The van der Waals surface area contributed by atoms with Gasteiger partial charge in [-0.2, -0.15) is 0 Å². The summed E-state index contributed by atoms with van der Waals surface area (Å²) in [6, 6.07) is 3.21. The fourth-order valence-corrected chi connectivity index (χ4v) is 2.58. The van der Waals surface area contributed by atoms with E-state index in [1.807, 2.05) is 0 Å². The van der Waals surface area contributed by atoms with Crippen LogP contribution in [0.3, 0.4) is 0 Å². The molecule has 0 aromatic carbocycles. The SMILES string of the molecule is O=C(O)CC1CCCCN1C(=O)c1ccc(Br)nc1. The minimum atomic E-state index is -0.862. The van der Waals surface area contributed by atoms with Gasteiger partial charge >= 0.3 is 5.97 Å². The van der Waals surface area contributed by atoms with E-state index >= 15 is 0 Å². The number of likely N-dealkylation sites (tertiary alicyclic amines) is 1. The van der Waals surface area contributed by atoms with E-state index < -0.39 is 5.97 Å². The van der Waals surface area contributed by atoms with Crippen molar-refractivity contribution in [2.45, 2.75) is 31.7 Å². The van der Waals surface area contributed by atoms with Crippen LogP contribution in [-0.4, -0.2) is 39.5 Å². The Kier molecular flexibility index (Phi) is 4.52. The van der Waals surface area contributed by atoms with Crippen molar-refractivity contribution in [2.75, 3.05) is 6.54 Å². The molecule has 6 heteroatoms. The van der Waals surface area contributed by atoms with Gasteiger partial charge in [0.2, 0.25) is 0 Å². The molecule has 0 bridgehead atoms. The minimum Gasteiger partial charge on any atom is -0.481 e. The van der Waals surface area contributed by atoms with Gasteiger partial charge in [-0.15, -0.1) is 0 Å². The van der Waals surface area contributed by atoms with E-state index in [-0.39, 0.29) is 18.4 Å². The lowest BCUT2D eigenvalue weighted by molar-refractivity contribution is -0.138. The highest BCUT2D eigenvalue weighted by Gasteiger charge is 2.29. The summed E-state index contributed by atoms with van der Waals surface area (Å²) in [5, 5.41) is 8.92. The van der Waals surface area contributed by atoms with E-state index in [1.165, 1.54) is 6.20 Å². The van der Waals surface area contributed by atoms with Crippen LogP contribution in [-0.2, 0) is 4.79 Å². The molecule has 1 saturated heterocycles. The number of halogens is 1. The second kappa shape index (κ2) is 6.14. The molecule has 102 valence electrons. The Bertz CT molecular complexity index is 475. The van der Waals surface area contributed by atoms with Crippen LogP contribution < -0.4 is 0 Å². The van der Waals surface area contributed by atoms with Crippen molar-refractivity contribution in [1.82, 2.24) is 9.88 Å². The maximum atomic E-state index is 12.4. The van der Waals surface area contributed by atoms with Crippen LogP contribution in [0.2, 0.25) is 0 Å². The third-order valence-corrected chi connectivity index (χ3v) is 3.74. The van der Waals surface area contributed by atoms with Crippen LogP contribution in [0.5, 0.6) is 0 Å². The number of carbonyl (C=O) groups is 2. The molecule has 1 N–H and O–H groups in total. The van der Waals surface area contributed by atoms with E-state index in [0.717, 1.165) is 19.3 Å². The molecule has 1 fully saturated rings. The largest absolute Gasteiger partial charge is 0.481 e. The van der Waals surface area contributed by atoms with E-state index in [2.05, 4.69) is 20.9 Å². The predicted molar refractivity (Wildman–Crippen MR) is 72.9 cm³/mol. The molecule has 0 radical (unpaired) electrons. The maximum absolute atomic E-state index is 12.4. The molecule has 1 aliphatic heterocycles. The number of aliphatic carboxylic acids is 1. The number of aromatic nitrogens is 1. The highest BCUT2D eigenvalue weighted by atomic mass is 79.9. The highest BCUT2D eigenvalue weighted by molar-refractivity contribution is 9.10. The number of nitrogens with zero attached hydrogens (tertiary/aromatic N) is 2. The smallest absolute Gasteiger partial charge is 0.305 e. The molecule has 2 rings (SSSR count). The van der Waals surface area contributed by atoms with Gasteiger partial charge in [0.15, 0.2) is 0 Å². The van der Waals surface area contributed by atoms with E-state index in [4.69, 9.17) is 5.11 Å². The molecule has 0 saturated carbocycles. The van der Waals surface area contributed by atoms with Crippen LogP contribution in [0.15, 0.2) is 22.9 Å². The molecule has 1 aliphatic rings. The van der Waals surface area contributed by atoms with Gasteiger partial charge in [0.05, 0.1) is 12.0 Å². The molecule has 1 aromatic rings. The lowest BCUT2D eigenvalue weighted by atomic mass is 9.98. The first-order valence-corrected chi connectivity index (χ1v) is 7.01. The number of hydrogen-bond donors (Lipinski definition) is 1. The second-order valence-electron chi connectivity index (χ2n) is 4.62. The van der Waals surface area contributed by atoms with Crippen molar-refractivity contribution in [2.24, 2.45) is 0 Å². The summed E-state index contributed by atoms with van der Waals surface area (Å²) in [5.41, 5.74) is 0.500. The molecule has 5 nitrogen and oxygen atoms in total. The number of hydrogen-bond acceptors (Lipinski definition) is 3. The fourth-order valence-electron chi connectivity index (χ4n) is 2.35. The normalized spacial score (nSPS) is 19.2. The summed E-state index contributed by atoms with van der Waals surface area (Å²) < 4.78 is 0.671. The summed E-state index contributed by atoms with van der Waals surface area (Å²) in [4.78, 5) is 28.9. The maximum Gasteiger partial charge on any atom is 0.305 e. The van der Waals surface area contributed by atoms with Crippen LogP contribution in [0.4, 0.5) is 0 Å². The van der Waals surface area contributed by atoms with Gasteiger partial charge in [-0.3, -0.25) is 9.59 Å². The number of piperidine rings is 1. The Morgan fingerprint density at radius 2 is 2.21 bits per heavy atom. The first kappa shape index (κ1) is 14.0. The molecule has 2 heterocycles. The molecule has 1 atom stereocenters. The summed E-state index contributed by atoms with van der Waals surface area (Å²) in [5.74, 6) is -0.996. The van der Waals surface area contributed by atoms with Crippen molar-refractivity contribution in [3.05, 3.63) is 28.5 Å². The average Bonchev–Trinajstić information content (AvgIpc) is 2.39. The summed E-state index contributed by atoms with van der Waals surface area (Å²) >= 11 is 3.22. The first-order valence-electron chi connectivity index (χ1n) is 6.22. The minimum absolute atomic E-state index is 0.00962. The van der Waals surface area contributed by atoms with Gasteiger partial charge in [-0.1, -0.05) is 0 Å². The number of carboxylic acid groups (broad SMARTS) is 1. The van der Waals surface area contributed by atoms with E-state index in [1.54, 1.807) is 17.0 Å². The summed E-state index contributed by atoms with van der Waals surface area (Å²) in [7, 11) is 0. The second-order valence-corrected chi connectivity index (χ2v) is 5.43. The molecule has 1 aromatic heterocycles. The topological polar surface area (TPSA) is 70.5 Å². The summed E-state index contributed by atoms with van der Waals surface area (Å²) in [6.45, 7) is 0.618. The van der Waals surface area contributed by atoms with Crippen molar-refractivity contribution in [3.8, 4) is 0 Å². The van der Waals surface area contributed by atoms with Gasteiger partial charge in [-0.05, 0) is 47.3 Å². The monoisotopic (exact) mass is 326 g/mol. The number of amides is 1. The highest BCUT2D eigenvalue weighted by Crippen LogP contribution is 2.22. The quantitative estimate of drug-likeness (QED) is 0.865. The third kappa shape index (κ3) is 3.53. The van der Waals surface area contributed by atoms with Crippen molar-refractivity contribution < 1.29 is 14.7 Å². The molecular weight excluding hydrogens is 312 g/mol. The van der Waals surface area contributed by atoms with Crippen molar-refractivity contribution in [3.63, 3.8) is 0 Å². The van der Waals surface area contributed by atoms with Gasteiger partial charge < -0.3 is 10.0 Å². The van der Waals surface area contributed by atoms with Gasteiger partial charge in [0.1, 0.15) is 4.60 Å². The third-order valence-electron chi connectivity index (χ3n) is 3.27. The van der Waals surface area contributed by atoms with Gasteiger partial charge in [0, 0.05) is 18.8 Å². The standard InChI is InChI=1S/C13H15BrN2O3/c14-11-5-4-9(8-15-11)13(19)16-6-2-1-3-10(16)7-12(17)18/h4-5,8,10H,1-3,6-7H2,(H,17,18). The molecule has 1 unspecified atom stereocenters. The fraction of sp³-hybridized carbons (Fsp3) is 0.462. The first-order chi connectivity index (χ1) is 9.08. The van der Waals surface area contributed by atoms with E-state index in [9.17, 15) is 9.59 Å². The number of carbonyl (C=O) groups excluding carboxylic acids is 1. The number of rotatable bonds is 3. The molecular formula is C13H15BrN2O3. The zero-order valence-corrected chi connectivity index (χ0v) is 12.0. The lowest BCUT2D eigenvalue weighted by Crippen LogP contribution is -2.44. The van der Waals surface area contributed by atoms with Crippen LogP contribution in [0, 0.1) is 0 Å². The zero-order valence-electron chi connectivity index (χ0n) is 10.4. The zero-order chi connectivity index (χ0) is 13.8. The average molecular weight is 327 g/mol. The van der Waals surface area contributed by atoms with Gasteiger partial charge in [-0.25, -0.2) is 4.98 Å². The molecule has 0 spiro atoms. The van der Waals surface area contributed by atoms with Gasteiger partial charge in [0.25, 0.3) is 5.91 Å². The van der Waals surface area contributed by atoms with E-state index in [0.29, 0.717) is 16.7 Å². The van der Waals surface area contributed by atoms with Crippen molar-refractivity contribution in [1.29, 1.82) is 0 Å². The Morgan fingerprint density at radius 3 is 2.84 bits per heavy atom. The van der Waals surface area contributed by atoms with Crippen LogP contribution in [0.25, 0.3) is 0 Å². The van der Waals surface area contributed by atoms with Crippen LogP contribution in [0.1, 0.15) is 36.0 Å². The number of carboxylic acids is 1. The Morgan fingerprint density at radius 1 is 1.42 bits per heavy atom. The van der Waals surface area contributed by atoms with Crippen molar-refractivity contribution >= 4 is 27.8 Å². The lowest BCUT2D eigenvalue weighted by Gasteiger charge is -2.35. The Labute approximate surface area is 119 Å². The molecule has 1 amide bonds. The molecule has 19 heavy (non-hydrogen) atoms.